The Balaban J connectivity index is 1.36. The lowest BCUT2D eigenvalue weighted by molar-refractivity contribution is -0.116. The lowest BCUT2D eigenvalue weighted by Crippen LogP contribution is -2.11. The average Bonchev–Trinajstić information content (AvgIpc) is 3.40. The Morgan fingerprint density at radius 3 is 2.67 bits per heavy atom. The van der Waals surface area contributed by atoms with Crippen molar-refractivity contribution in [1.82, 2.24) is 10.2 Å². The van der Waals surface area contributed by atoms with Crippen molar-refractivity contribution in [3.63, 3.8) is 0 Å². The molecule has 0 unspecified atom stereocenters. The molecule has 5 rings (SSSR count). The summed E-state index contributed by atoms with van der Waals surface area (Å²) in [7, 11) is 0. The summed E-state index contributed by atoms with van der Waals surface area (Å²) >= 11 is 1.75. The van der Waals surface area contributed by atoms with E-state index in [1.54, 1.807) is 17.5 Å². The molecular weight excluding hydrogens is 390 g/mol. The second kappa shape index (κ2) is 8.13. The van der Waals surface area contributed by atoms with Crippen molar-refractivity contribution in [1.29, 1.82) is 0 Å². The molecule has 5 aromatic rings. The molecule has 0 aliphatic heterocycles. The second-order valence-electron chi connectivity index (χ2n) is 7.39. The monoisotopic (exact) mass is 411 g/mol. The van der Waals surface area contributed by atoms with E-state index < -0.39 is 0 Å². The van der Waals surface area contributed by atoms with Crippen LogP contribution in [0.3, 0.4) is 0 Å². The number of anilines is 1. The van der Waals surface area contributed by atoms with Gasteiger partial charge in [0.05, 0.1) is 11.7 Å². The summed E-state index contributed by atoms with van der Waals surface area (Å²) in [6.45, 7) is 0. The van der Waals surface area contributed by atoms with Gasteiger partial charge in [-0.2, -0.15) is 5.10 Å². The largest absolute Gasteiger partial charge is 0.326 e. The Kier molecular flexibility index (Phi) is 5.03. The first-order valence-electron chi connectivity index (χ1n) is 10.1. The molecule has 0 aliphatic carbocycles. The van der Waals surface area contributed by atoms with Crippen molar-refractivity contribution in [3.05, 3.63) is 84.6 Å². The van der Waals surface area contributed by atoms with Crippen LogP contribution in [0, 0.1) is 0 Å². The van der Waals surface area contributed by atoms with E-state index in [0.717, 1.165) is 39.9 Å². The summed E-state index contributed by atoms with van der Waals surface area (Å²) in [5.41, 5.74) is 4.12. The molecule has 1 amide bonds. The van der Waals surface area contributed by atoms with Crippen molar-refractivity contribution in [2.24, 2.45) is 0 Å². The number of hydrogen-bond donors (Lipinski definition) is 2. The molecular formula is C25H21N3OS. The predicted molar refractivity (Wildman–Crippen MR) is 125 cm³/mol. The van der Waals surface area contributed by atoms with Gasteiger partial charge in [-0.15, -0.1) is 11.3 Å². The topological polar surface area (TPSA) is 57.8 Å². The van der Waals surface area contributed by atoms with Gasteiger partial charge in [0.25, 0.3) is 0 Å². The number of benzene rings is 3. The van der Waals surface area contributed by atoms with Crippen LogP contribution in [0.25, 0.3) is 31.4 Å². The molecule has 2 aromatic heterocycles. The van der Waals surface area contributed by atoms with Crippen LogP contribution in [0.1, 0.15) is 18.4 Å². The molecule has 0 radical (unpaired) electrons. The van der Waals surface area contributed by atoms with Gasteiger partial charge < -0.3 is 5.32 Å². The number of amides is 1. The molecule has 0 aliphatic rings. The Bertz CT molecular complexity index is 1290. The lowest BCUT2D eigenvalue weighted by Gasteiger charge is -2.08. The van der Waals surface area contributed by atoms with E-state index in [9.17, 15) is 4.79 Å². The van der Waals surface area contributed by atoms with Gasteiger partial charge in [0.1, 0.15) is 0 Å². The van der Waals surface area contributed by atoms with Crippen molar-refractivity contribution >= 4 is 43.9 Å². The molecule has 0 saturated heterocycles. The minimum atomic E-state index is 0.0380. The fourth-order valence-electron chi connectivity index (χ4n) is 3.76. The molecule has 2 N–H and O–H groups in total. The summed E-state index contributed by atoms with van der Waals surface area (Å²) in [5.74, 6) is 0.0380. The van der Waals surface area contributed by atoms with Crippen LogP contribution >= 0.6 is 11.3 Å². The maximum absolute atomic E-state index is 12.5. The van der Waals surface area contributed by atoms with Gasteiger partial charge >= 0.3 is 0 Å². The molecule has 0 spiro atoms. The molecule has 0 fully saturated rings. The summed E-state index contributed by atoms with van der Waals surface area (Å²) in [5, 5.41) is 12.6. The molecule has 0 saturated carbocycles. The minimum Gasteiger partial charge on any atom is -0.326 e. The first kappa shape index (κ1) is 18.6. The zero-order valence-corrected chi connectivity index (χ0v) is 17.2. The Morgan fingerprint density at radius 2 is 1.80 bits per heavy atom. The van der Waals surface area contributed by atoms with Gasteiger partial charge in [0.15, 0.2) is 0 Å². The van der Waals surface area contributed by atoms with Gasteiger partial charge in [0, 0.05) is 32.6 Å². The van der Waals surface area contributed by atoms with Crippen molar-refractivity contribution in [2.75, 3.05) is 5.32 Å². The molecule has 0 atom stereocenters. The van der Waals surface area contributed by atoms with E-state index in [2.05, 4.69) is 58.0 Å². The van der Waals surface area contributed by atoms with Crippen LogP contribution in [0.2, 0.25) is 0 Å². The van der Waals surface area contributed by atoms with E-state index in [1.807, 2.05) is 30.3 Å². The number of hydrogen-bond acceptors (Lipinski definition) is 3. The summed E-state index contributed by atoms with van der Waals surface area (Å²) < 4.78 is 1.25. The van der Waals surface area contributed by atoms with E-state index in [1.165, 1.54) is 15.6 Å². The van der Waals surface area contributed by atoms with E-state index >= 15 is 0 Å². The van der Waals surface area contributed by atoms with Gasteiger partial charge in [-0.1, -0.05) is 48.5 Å². The molecule has 148 valence electrons. The fourth-order valence-corrected chi connectivity index (χ4v) is 4.85. The number of carbonyl (C=O) groups excluding carboxylic acids is 1. The summed E-state index contributed by atoms with van der Waals surface area (Å²) in [6, 6.07) is 24.9. The molecule has 5 heteroatoms. The van der Waals surface area contributed by atoms with E-state index in [0.29, 0.717) is 6.42 Å². The van der Waals surface area contributed by atoms with Gasteiger partial charge in [-0.25, -0.2) is 0 Å². The third-order valence-electron chi connectivity index (χ3n) is 5.24. The number of aromatic nitrogens is 2. The number of aryl methyl sites for hydroxylation is 1. The second-order valence-corrected chi connectivity index (χ2v) is 8.48. The van der Waals surface area contributed by atoms with Crippen molar-refractivity contribution < 1.29 is 4.79 Å². The smallest absolute Gasteiger partial charge is 0.224 e. The number of carbonyl (C=O) groups is 1. The maximum Gasteiger partial charge on any atom is 0.224 e. The molecule has 0 bridgehead atoms. The highest BCUT2D eigenvalue weighted by Crippen LogP contribution is 2.38. The normalized spacial score (nSPS) is 11.2. The van der Waals surface area contributed by atoms with Crippen LogP contribution in [0.5, 0.6) is 0 Å². The van der Waals surface area contributed by atoms with Crippen LogP contribution in [-0.2, 0) is 11.2 Å². The number of fused-ring (bicyclic) bond motifs is 2. The number of nitrogens with one attached hydrogen (secondary N) is 2. The highest BCUT2D eigenvalue weighted by Gasteiger charge is 2.13. The number of aromatic amines is 1. The molecule has 2 heterocycles. The van der Waals surface area contributed by atoms with Gasteiger partial charge in [-0.3, -0.25) is 9.89 Å². The quantitative estimate of drug-likeness (QED) is 0.339. The summed E-state index contributed by atoms with van der Waals surface area (Å²) in [4.78, 5) is 13.7. The number of thiophene rings is 1. The zero-order valence-electron chi connectivity index (χ0n) is 16.4. The van der Waals surface area contributed by atoms with Crippen molar-refractivity contribution in [2.45, 2.75) is 19.3 Å². The highest BCUT2D eigenvalue weighted by atomic mass is 32.1. The average molecular weight is 412 g/mol. The third-order valence-corrected chi connectivity index (χ3v) is 6.39. The standard InChI is InChI=1S/C25H21N3OS/c29-24(12-6-9-17-7-2-1-3-8-17)27-20-13-19-16-26-28-25(19)21(15-20)23-14-18-10-4-5-11-22(18)30-23/h1-5,7-8,10-11,13-16H,6,9,12H2,(H,26,28)(H,27,29). The minimum absolute atomic E-state index is 0.0380. The predicted octanol–water partition coefficient (Wildman–Crippen LogP) is 6.41. The molecule has 3 aromatic carbocycles. The highest BCUT2D eigenvalue weighted by molar-refractivity contribution is 7.22. The van der Waals surface area contributed by atoms with Gasteiger partial charge in [-0.05, 0) is 48.1 Å². The number of nitrogens with zero attached hydrogens (tertiary/aromatic N) is 1. The summed E-state index contributed by atoms with van der Waals surface area (Å²) in [6.07, 6.45) is 4.03. The Morgan fingerprint density at radius 1 is 0.967 bits per heavy atom. The molecule has 30 heavy (non-hydrogen) atoms. The van der Waals surface area contributed by atoms with Gasteiger partial charge in [0.2, 0.25) is 5.91 Å². The number of H-pyrrole nitrogens is 1. The maximum atomic E-state index is 12.5. The lowest BCUT2D eigenvalue weighted by atomic mass is 10.1. The van der Waals surface area contributed by atoms with Crippen molar-refractivity contribution in [3.8, 4) is 10.4 Å². The van der Waals surface area contributed by atoms with Crippen LogP contribution in [-0.4, -0.2) is 16.1 Å². The third kappa shape index (κ3) is 3.84. The first-order valence-corrected chi connectivity index (χ1v) is 10.9. The first-order chi connectivity index (χ1) is 14.8. The SMILES string of the molecule is O=C(CCCc1ccccc1)Nc1cc(-c2cc3ccccc3s2)c2[nH]ncc2c1. The number of rotatable bonds is 6. The molecule has 4 nitrogen and oxygen atoms in total. The van der Waals surface area contributed by atoms with Crippen LogP contribution < -0.4 is 5.32 Å². The van der Waals surface area contributed by atoms with E-state index in [4.69, 9.17) is 0 Å². The fraction of sp³-hybridized carbons (Fsp3) is 0.120. The Labute approximate surface area is 178 Å². The van der Waals surface area contributed by atoms with E-state index in [-0.39, 0.29) is 5.91 Å². The van der Waals surface area contributed by atoms with Crippen LogP contribution in [0.4, 0.5) is 5.69 Å². The Hall–Kier alpha value is -3.44. The van der Waals surface area contributed by atoms with Crippen LogP contribution in [0.15, 0.2) is 79.0 Å². The zero-order chi connectivity index (χ0) is 20.3.